The smallest absolute Gasteiger partial charge is 0.285 e. The Bertz CT molecular complexity index is 1260. The highest BCUT2D eigenvalue weighted by molar-refractivity contribution is 7.90. The molecular formula is C22H19Cl2N5O2S. The maximum Gasteiger partial charge on any atom is 0.285 e. The second-order valence-corrected chi connectivity index (χ2v) is 9.50. The van der Waals surface area contributed by atoms with Gasteiger partial charge in [0, 0.05) is 16.0 Å². The molecule has 1 aliphatic heterocycles. The maximum atomic E-state index is 12.8. The highest BCUT2D eigenvalue weighted by Crippen LogP contribution is 2.29. The molecule has 0 spiro atoms. The van der Waals surface area contributed by atoms with Gasteiger partial charge in [-0.05, 0) is 47.5 Å². The Morgan fingerprint density at radius 1 is 0.969 bits per heavy atom. The van der Waals surface area contributed by atoms with E-state index in [1.807, 2.05) is 42.5 Å². The van der Waals surface area contributed by atoms with E-state index in [1.165, 1.54) is 29.3 Å². The van der Waals surface area contributed by atoms with Crippen molar-refractivity contribution in [1.82, 2.24) is 10.4 Å². The largest absolute Gasteiger partial charge is 0.292 e. The van der Waals surface area contributed by atoms with Crippen molar-refractivity contribution in [3.63, 3.8) is 0 Å². The van der Waals surface area contributed by atoms with Gasteiger partial charge in [0.05, 0.1) is 17.2 Å². The lowest BCUT2D eigenvalue weighted by Crippen LogP contribution is -2.42. The molecule has 1 unspecified atom stereocenters. The highest BCUT2D eigenvalue weighted by atomic mass is 35.5. The van der Waals surface area contributed by atoms with Gasteiger partial charge in [-0.15, -0.1) is 4.40 Å². The monoisotopic (exact) mass is 487 g/mol. The van der Waals surface area contributed by atoms with Crippen LogP contribution >= 0.6 is 23.2 Å². The van der Waals surface area contributed by atoms with E-state index >= 15 is 0 Å². The molecule has 0 saturated heterocycles. The standard InChI is InChI=1S/C22H19Cl2N5O2S/c23-17-8-6-16(7-9-17)21-20(15-4-2-1-3-5-15)14-29(27-21)22(26-25)28-32(30,31)19-12-10-18(24)11-13-19/h1-13,20H,14,25H2,(H,26,28). The average Bonchev–Trinajstić information content (AvgIpc) is 3.24. The number of guanidine groups is 1. The van der Waals surface area contributed by atoms with Crippen LogP contribution in [-0.2, 0) is 10.0 Å². The van der Waals surface area contributed by atoms with Gasteiger partial charge >= 0.3 is 0 Å². The van der Waals surface area contributed by atoms with Crippen molar-refractivity contribution in [2.45, 2.75) is 10.8 Å². The van der Waals surface area contributed by atoms with Crippen LogP contribution in [0.3, 0.4) is 0 Å². The van der Waals surface area contributed by atoms with E-state index in [-0.39, 0.29) is 16.8 Å². The minimum Gasteiger partial charge on any atom is -0.292 e. The van der Waals surface area contributed by atoms with Crippen molar-refractivity contribution in [2.24, 2.45) is 15.3 Å². The number of benzene rings is 3. The highest BCUT2D eigenvalue weighted by Gasteiger charge is 2.32. The normalized spacial score (nSPS) is 16.7. The molecule has 1 atom stereocenters. The Hall–Kier alpha value is -2.91. The van der Waals surface area contributed by atoms with Crippen LogP contribution < -0.4 is 11.3 Å². The number of hydrogen-bond donors (Lipinski definition) is 2. The van der Waals surface area contributed by atoms with Crippen LogP contribution in [0.4, 0.5) is 0 Å². The summed E-state index contributed by atoms with van der Waals surface area (Å²) < 4.78 is 29.5. The van der Waals surface area contributed by atoms with E-state index in [2.05, 4.69) is 14.9 Å². The number of rotatable bonds is 4. The summed E-state index contributed by atoms with van der Waals surface area (Å²) in [4.78, 5) is -0.00430. The van der Waals surface area contributed by atoms with Crippen LogP contribution in [0, 0.1) is 0 Å². The van der Waals surface area contributed by atoms with Crippen molar-refractivity contribution in [3.8, 4) is 0 Å². The van der Waals surface area contributed by atoms with Crippen LogP contribution in [0.5, 0.6) is 0 Å². The fourth-order valence-corrected chi connectivity index (χ4v) is 4.60. The molecule has 4 rings (SSSR count). The van der Waals surface area contributed by atoms with Gasteiger partial charge in [0.2, 0.25) is 5.96 Å². The SMILES string of the molecule is NN/C(=N\S(=O)(=O)c1ccc(Cl)cc1)N1CC(c2ccccc2)C(c2ccc(Cl)cc2)=N1. The molecule has 0 saturated carbocycles. The Balaban J connectivity index is 1.73. The third-order valence-electron chi connectivity index (χ3n) is 4.95. The maximum absolute atomic E-state index is 12.8. The van der Waals surface area contributed by atoms with Crippen molar-refractivity contribution in [3.05, 3.63) is 100 Å². The predicted molar refractivity (Wildman–Crippen MR) is 127 cm³/mol. The van der Waals surface area contributed by atoms with Crippen LogP contribution in [0.15, 0.2) is 93.3 Å². The summed E-state index contributed by atoms with van der Waals surface area (Å²) in [6, 6.07) is 22.9. The first-order valence-electron chi connectivity index (χ1n) is 9.61. The summed E-state index contributed by atoms with van der Waals surface area (Å²) in [6.45, 7) is 0.348. The van der Waals surface area contributed by atoms with Crippen LogP contribution in [0.1, 0.15) is 17.0 Å². The summed E-state index contributed by atoms with van der Waals surface area (Å²) in [7, 11) is -4.04. The van der Waals surface area contributed by atoms with Crippen LogP contribution in [-0.4, -0.2) is 31.6 Å². The van der Waals surface area contributed by atoms with E-state index in [4.69, 9.17) is 29.0 Å². The van der Waals surface area contributed by atoms with Crippen LogP contribution in [0.25, 0.3) is 0 Å². The lowest BCUT2D eigenvalue weighted by atomic mass is 9.91. The molecule has 0 bridgehead atoms. The first-order valence-corrected chi connectivity index (χ1v) is 11.8. The molecule has 1 aliphatic rings. The molecular weight excluding hydrogens is 469 g/mol. The molecule has 10 heteroatoms. The van der Waals surface area contributed by atoms with Gasteiger partial charge in [-0.25, -0.2) is 10.9 Å². The number of nitrogens with zero attached hydrogens (tertiary/aromatic N) is 3. The van der Waals surface area contributed by atoms with E-state index < -0.39 is 10.0 Å². The van der Waals surface area contributed by atoms with Crippen molar-refractivity contribution < 1.29 is 8.42 Å². The number of nitrogens with two attached hydrogens (primary N) is 1. The third kappa shape index (κ3) is 4.78. The summed E-state index contributed by atoms with van der Waals surface area (Å²) in [5.74, 6) is 5.43. The lowest BCUT2D eigenvalue weighted by molar-refractivity contribution is 0.457. The van der Waals surface area contributed by atoms with E-state index in [9.17, 15) is 8.42 Å². The van der Waals surface area contributed by atoms with Gasteiger partial charge < -0.3 is 0 Å². The van der Waals surface area contributed by atoms with Crippen molar-refractivity contribution >= 4 is 44.9 Å². The molecule has 0 aliphatic carbocycles. The Morgan fingerprint density at radius 2 is 1.56 bits per heavy atom. The first-order chi connectivity index (χ1) is 15.4. The fourth-order valence-electron chi connectivity index (χ4n) is 3.38. The summed E-state index contributed by atoms with van der Waals surface area (Å²) >= 11 is 11.9. The minimum atomic E-state index is -4.04. The Labute approximate surface area is 196 Å². The predicted octanol–water partition coefficient (Wildman–Crippen LogP) is 4.01. The number of sulfonamides is 1. The molecule has 0 fully saturated rings. The van der Waals surface area contributed by atoms with Gasteiger partial charge in [-0.3, -0.25) is 5.43 Å². The van der Waals surface area contributed by atoms with E-state index in [0.29, 0.717) is 16.6 Å². The van der Waals surface area contributed by atoms with Gasteiger partial charge in [-0.2, -0.15) is 13.5 Å². The minimum absolute atomic E-state index is 0.00430. The van der Waals surface area contributed by atoms with Crippen molar-refractivity contribution in [2.75, 3.05) is 6.54 Å². The summed E-state index contributed by atoms with van der Waals surface area (Å²) in [5, 5.41) is 7.15. The summed E-state index contributed by atoms with van der Waals surface area (Å²) in [6.07, 6.45) is 0. The molecule has 7 nitrogen and oxygen atoms in total. The molecule has 32 heavy (non-hydrogen) atoms. The first kappa shape index (κ1) is 22.3. The topological polar surface area (TPSA) is 100 Å². The van der Waals surface area contributed by atoms with E-state index in [1.54, 1.807) is 12.1 Å². The second kappa shape index (κ2) is 9.30. The molecule has 1 heterocycles. The number of hydrazone groups is 1. The number of hydrazine groups is 1. The second-order valence-electron chi connectivity index (χ2n) is 7.03. The van der Waals surface area contributed by atoms with Gasteiger partial charge in [0.25, 0.3) is 10.0 Å². The zero-order valence-electron chi connectivity index (χ0n) is 16.7. The zero-order chi connectivity index (χ0) is 22.7. The van der Waals surface area contributed by atoms with Crippen molar-refractivity contribution in [1.29, 1.82) is 0 Å². The quantitative estimate of drug-likeness (QED) is 0.250. The Morgan fingerprint density at radius 3 is 2.16 bits per heavy atom. The van der Waals surface area contributed by atoms with Gasteiger partial charge in [0.1, 0.15) is 0 Å². The Kier molecular flexibility index (Phi) is 6.48. The molecule has 0 aromatic heterocycles. The molecule has 3 aromatic carbocycles. The van der Waals surface area contributed by atoms with Gasteiger partial charge in [-0.1, -0.05) is 65.7 Å². The van der Waals surface area contributed by atoms with E-state index in [0.717, 1.165) is 16.8 Å². The zero-order valence-corrected chi connectivity index (χ0v) is 19.0. The van der Waals surface area contributed by atoms with Crippen LogP contribution in [0.2, 0.25) is 10.0 Å². The molecule has 0 radical (unpaired) electrons. The number of nitrogens with one attached hydrogen (secondary N) is 1. The lowest BCUT2D eigenvalue weighted by Gasteiger charge is -2.17. The molecule has 164 valence electrons. The summed E-state index contributed by atoms with van der Waals surface area (Å²) in [5.41, 5.74) is 5.02. The molecule has 3 aromatic rings. The average molecular weight is 488 g/mol. The van der Waals surface area contributed by atoms with Gasteiger partial charge in [0.15, 0.2) is 0 Å². The molecule has 3 N–H and O–H groups in total. The number of halogens is 2. The fraction of sp³-hybridized carbons (Fsp3) is 0.0909. The molecule has 0 amide bonds. The third-order valence-corrected chi connectivity index (χ3v) is 6.73. The number of hydrogen-bond acceptors (Lipinski definition) is 4.